The number of ether oxygens (including phenoxy) is 1. The van der Waals surface area contributed by atoms with E-state index in [9.17, 15) is 19.3 Å². The Labute approximate surface area is 185 Å². The average molecular weight is 486 g/mol. The number of hydrazone groups is 1. The lowest BCUT2D eigenvalue weighted by Crippen LogP contribution is -2.20. The predicted molar refractivity (Wildman–Crippen MR) is 117 cm³/mol. The molecule has 0 heterocycles. The molecule has 0 saturated carbocycles. The van der Waals surface area contributed by atoms with Crippen molar-refractivity contribution in [3.05, 3.63) is 104 Å². The summed E-state index contributed by atoms with van der Waals surface area (Å²) in [6.45, 7) is 0.0270. The van der Waals surface area contributed by atoms with Crippen molar-refractivity contribution in [2.75, 3.05) is 0 Å². The molecule has 0 fully saturated rings. The van der Waals surface area contributed by atoms with Gasteiger partial charge in [-0.3, -0.25) is 14.9 Å². The highest BCUT2D eigenvalue weighted by Gasteiger charge is 2.15. The second kappa shape index (κ2) is 10.4. The maximum atomic E-state index is 13.8. The second-order valence-corrected chi connectivity index (χ2v) is 7.33. The van der Waals surface area contributed by atoms with E-state index in [2.05, 4.69) is 26.5 Å². The number of amides is 1. The summed E-state index contributed by atoms with van der Waals surface area (Å²) < 4.78 is 20.3. The largest absolute Gasteiger partial charge is 0.488 e. The molecule has 0 aromatic heterocycles. The fraction of sp³-hybridized carbons (Fsp3) is 0.0909. The van der Waals surface area contributed by atoms with Gasteiger partial charge in [-0.15, -0.1) is 0 Å². The summed E-state index contributed by atoms with van der Waals surface area (Å²) in [5.41, 5.74) is 3.47. The lowest BCUT2D eigenvalue weighted by Gasteiger charge is -2.10. The smallest absolute Gasteiger partial charge is 0.273 e. The van der Waals surface area contributed by atoms with Gasteiger partial charge in [-0.2, -0.15) is 5.10 Å². The van der Waals surface area contributed by atoms with Gasteiger partial charge in [0.1, 0.15) is 18.2 Å². The molecule has 31 heavy (non-hydrogen) atoms. The van der Waals surface area contributed by atoms with Crippen LogP contribution in [0.1, 0.15) is 16.7 Å². The van der Waals surface area contributed by atoms with Crippen LogP contribution in [0.5, 0.6) is 5.75 Å². The molecule has 1 N–H and O–H groups in total. The first-order valence-electron chi connectivity index (χ1n) is 9.14. The molecule has 3 aromatic carbocycles. The van der Waals surface area contributed by atoms with Gasteiger partial charge in [0, 0.05) is 27.2 Å². The number of nitro benzene ring substituents is 1. The Balaban J connectivity index is 1.66. The fourth-order valence-electron chi connectivity index (χ4n) is 2.75. The standard InChI is InChI=1S/C22H17BrFN3O4/c23-18-9-10-21(31-14-16-6-1-3-7-19(16)24)17(11-18)13-25-26-22(28)12-15-5-2-4-8-20(15)27(29)30/h1-11,13H,12,14H2,(H,26,28). The molecule has 158 valence electrons. The number of nitrogens with one attached hydrogen (secondary N) is 1. The molecule has 3 aromatic rings. The Morgan fingerprint density at radius 3 is 2.58 bits per heavy atom. The van der Waals surface area contributed by atoms with Crippen LogP contribution >= 0.6 is 15.9 Å². The van der Waals surface area contributed by atoms with Crippen LogP contribution in [-0.4, -0.2) is 17.0 Å². The molecule has 0 radical (unpaired) electrons. The van der Waals surface area contributed by atoms with Gasteiger partial charge in [-0.1, -0.05) is 52.3 Å². The van der Waals surface area contributed by atoms with Crippen LogP contribution in [0.25, 0.3) is 0 Å². The Bertz CT molecular complexity index is 1140. The summed E-state index contributed by atoms with van der Waals surface area (Å²) in [7, 11) is 0. The van der Waals surface area contributed by atoms with E-state index < -0.39 is 10.8 Å². The zero-order chi connectivity index (χ0) is 22.2. The molecule has 0 aliphatic rings. The molecule has 0 aliphatic carbocycles. The molecule has 0 bridgehead atoms. The van der Waals surface area contributed by atoms with Crippen LogP contribution in [0, 0.1) is 15.9 Å². The molecule has 0 spiro atoms. The first kappa shape index (κ1) is 22.1. The predicted octanol–water partition coefficient (Wildman–Crippen LogP) is 4.77. The van der Waals surface area contributed by atoms with Crippen molar-refractivity contribution in [3.63, 3.8) is 0 Å². The number of hydrogen-bond donors (Lipinski definition) is 1. The van der Waals surface area contributed by atoms with Crippen molar-refractivity contribution < 1.29 is 18.8 Å². The van der Waals surface area contributed by atoms with Crippen molar-refractivity contribution >= 4 is 33.7 Å². The molecular formula is C22H17BrFN3O4. The Kier molecular flexibility index (Phi) is 7.45. The number of carbonyl (C=O) groups is 1. The minimum atomic E-state index is -0.535. The molecule has 0 atom stereocenters. The minimum absolute atomic E-state index is 0.0270. The molecule has 1 amide bonds. The van der Waals surface area contributed by atoms with E-state index in [0.29, 0.717) is 16.9 Å². The van der Waals surface area contributed by atoms with E-state index in [1.54, 1.807) is 42.5 Å². The Hall–Kier alpha value is -3.59. The number of nitrogens with zero attached hydrogens (tertiary/aromatic N) is 2. The fourth-order valence-corrected chi connectivity index (χ4v) is 3.13. The highest BCUT2D eigenvalue weighted by atomic mass is 79.9. The number of hydrogen-bond acceptors (Lipinski definition) is 5. The number of rotatable bonds is 8. The zero-order valence-electron chi connectivity index (χ0n) is 16.1. The highest BCUT2D eigenvalue weighted by molar-refractivity contribution is 9.10. The number of para-hydroxylation sites is 1. The van der Waals surface area contributed by atoms with E-state index >= 15 is 0 Å². The van der Waals surface area contributed by atoms with Gasteiger partial charge in [0.2, 0.25) is 5.91 Å². The van der Waals surface area contributed by atoms with Crippen LogP contribution < -0.4 is 10.2 Å². The van der Waals surface area contributed by atoms with Gasteiger partial charge in [0.05, 0.1) is 17.6 Å². The van der Waals surface area contributed by atoms with Gasteiger partial charge >= 0.3 is 0 Å². The first-order valence-corrected chi connectivity index (χ1v) is 9.93. The minimum Gasteiger partial charge on any atom is -0.488 e. The molecule has 7 nitrogen and oxygen atoms in total. The number of carbonyl (C=O) groups excluding carboxylic acids is 1. The van der Waals surface area contributed by atoms with Crippen LogP contribution in [0.2, 0.25) is 0 Å². The number of benzene rings is 3. The topological polar surface area (TPSA) is 93.8 Å². The SMILES string of the molecule is O=C(Cc1ccccc1[N+](=O)[O-])NN=Cc1cc(Br)ccc1OCc1ccccc1F. The summed E-state index contributed by atoms with van der Waals surface area (Å²) in [5.74, 6) is -0.422. The monoisotopic (exact) mass is 485 g/mol. The van der Waals surface area contributed by atoms with E-state index in [1.165, 1.54) is 30.5 Å². The van der Waals surface area contributed by atoms with E-state index in [-0.39, 0.29) is 30.1 Å². The maximum absolute atomic E-state index is 13.8. The average Bonchev–Trinajstić information content (AvgIpc) is 2.74. The second-order valence-electron chi connectivity index (χ2n) is 6.42. The van der Waals surface area contributed by atoms with Crippen LogP contribution in [0.15, 0.2) is 76.3 Å². The lowest BCUT2D eigenvalue weighted by atomic mass is 10.1. The quantitative estimate of drug-likeness (QED) is 0.282. The summed E-state index contributed by atoms with van der Waals surface area (Å²) >= 11 is 3.36. The highest BCUT2D eigenvalue weighted by Crippen LogP contribution is 2.23. The van der Waals surface area contributed by atoms with Crippen molar-refractivity contribution in [2.45, 2.75) is 13.0 Å². The maximum Gasteiger partial charge on any atom is 0.273 e. The first-order chi connectivity index (χ1) is 14.9. The molecule has 0 aliphatic heterocycles. The Morgan fingerprint density at radius 1 is 1.13 bits per heavy atom. The zero-order valence-corrected chi connectivity index (χ0v) is 17.7. The molecule has 3 rings (SSSR count). The van der Waals surface area contributed by atoms with Crippen LogP contribution in [0.3, 0.4) is 0 Å². The summed E-state index contributed by atoms with van der Waals surface area (Å²) in [6, 6.07) is 17.5. The van der Waals surface area contributed by atoms with Crippen molar-refractivity contribution in [1.82, 2.24) is 5.43 Å². The third-order valence-corrected chi connectivity index (χ3v) is 4.74. The van der Waals surface area contributed by atoms with Gasteiger partial charge in [-0.05, 0) is 24.3 Å². The lowest BCUT2D eigenvalue weighted by molar-refractivity contribution is -0.385. The normalized spacial score (nSPS) is 10.8. The van der Waals surface area contributed by atoms with E-state index in [4.69, 9.17) is 4.74 Å². The summed E-state index contributed by atoms with van der Waals surface area (Å²) in [6.07, 6.45) is 1.20. The van der Waals surface area contributed by atoms with E-state index in [0.717, 1.165) is 4.47 Å². The summed E-state index contributed by atoms with van der Waals surface area (Å²) in [4.78, 5) is 22.7. The van der Waals surface area contributed by atoms with Gasteiger partial charge < -0.3 is 4.74 Å². The Morgan fingerprint density at radius 2 is 1.84 bits per heavy atom. The van der Waals surface area contributed by atoms with Crippen molar-refractivity contribution in [1.29, 1.82) is 0 Å². The molecule has 9 heteroatoms. The molecule has 0 saturated heterocycles. The van der Waals surface area contributed by atoms with Crippen molar-refractivity contribution in [3.8, 4) is 5.75 Å². The van der Waals surface area contributed by atoms with Gasteiger partial charge in [0.25, 0.3) is 5.69 Å². The third-order valence-electron chi connectivity index (χ3n) is 4.25. The summed E-state index contributed by atoms with van der Waals surface area (Å²) in [5, 5.41) is 15.0. The number of halogens is 2. The molecule has 0 unspecified atom stereocenters. The third kappa shape index (κ3) is 6.19. The molecular weight excluding hydrogens is 469 g/mol. The van der Waals surface area contributed by atoms with Crippen molar-refractivity contribution in [2.24, 2.45) is 5.10 Å². The van der Waals surface area contributed by atoms with Gasteiger partial charge in [0.15, 0.2) is 0 Å². The van der Waals surface area contributed by atoms with Crippen LogP contribution in [0.4, 0.5) is 10.1 Å². The van der Waals surface area contributed by atoms with Crippen LogP contribution in [-0.2, 0) is 17.8 Å². The number of nitro groups is 1. The van der Waals surface area contributed by atoms with E-state index in [1.807, 2.05) is 0 Å². The van der Waals surface area contributed by atoms with Gasteiger partial charge in [-0.25, -0.2) is 9.82 Å².